The number of aromatic nitrogens is 1. The Balaban J connectivity index is 2.20. The fourth-order valence-corrected chi connectivity index (χ4v) is 2.09. The molecule has 3 heteroatoms. The van der Waals surface area contributed by atoms with Gasteiger partial charge in [0.25, 0.3) is 0 Å². The molecule has 1 heterocycles. The quantitative estimate of drug-likeness (QED) is 0.731. The van der Waals surface area contributed by atoms with E-state index in [9.17, 15) is 0 Å². The third kappa shape index (κ3) is 1.98. The molecule has 0 saturated carbocycles. The third-order valence-corrected chi connectivity index (χ3v) is 2.80. The summed E-state index contributed by atoms with van der Waals surface area (Å²) < 4.78 is 5.35. The molecule has 0 fully saturated rings. The van der Waals surface area contributed by atoms with E-state index in [1.165, 1.54) is 30.5 Å². The molecule has 0 bridgehead atoms. The molecule has 14 heavy (non-hydrogen) atoms. The van der Waals surface area contributed by atoms with E-state index in [-0.39, 0.29) is 6.04 Å². The molecular weight excluding hydrogens is 176 g/mol. The normalized spacial score (nSPS) is 18.7. The van der Waals surface area contributed by atoms with Crippen LogP contribution in [0.5, 0.6) is 0 Å². The summed E-state index contributed by atoms with van der Waals surface area (Å²) in [4.78, 5) is 0. The van der Waals surface area contributed by atoms with Gasteiger partial charge >= 0.3 is 0 Å². The molecule has 0 aromatic carbocycles. The van der Waals surface area contributed by atoms with Crippen LogP contribution in [0.4, 0.5) is 0 Å². The van der Waals surface area contributed by atoms with Gasteiger partial charge in [-0.25, -0.2) is 0 Å². The fourth-order valence-electron chi connectivity index (χ4n) is 2.09. The van der Waals surface area contributed by atoms with Crippen molar-refractivity contribution in [1.29, 1.82) is 0 Å². The summed E-state index contributed by atoms with van der Waals surface area (Å²) in [5, 5.41) is 4.14. The average molecular weight is 194 g/mol. The third-order valence-electron chi connectivity index (χ3n) is 2.80. The van der Waals surface area contributed by atoms with Crippen LogP contribution in [0.1, 0.15) is 43.2 Å². The molecule has 0 spiro atoms. The van der Waals surface area contributed by atoms with E-state index in [1.54, 1.807) is 0 Å². The van der Waals surface area contributed by atoms with Crippen molar-refractivity contribution in [2.75, 3.05) is 0 Å². The monoisotopic (exact) mass is 194 g/mol. The van der Waals surface area contributed by atoms with Gasteiger partial charge in [0.1, 0.15) is 5.76 Å². The maximum atomic E-state index is 5.77. The standard InChI is InChI=1S/C11H18N2O/c1-8(12)7-11-9-5-3-2-4-6-10(9)13-14-11/h8H,2-7,12H2,1H3. The van der Waals surface area contributed by atoms with Crippen LogP contribution in [0, 0.1) is 0 Å². The Kier molecular flexibility index (Phi) is 2.87. The zero-order chi connectivity index (χ0) is 9.97. The van der Waals surface area contributed by atoms with Crippen molar-refractivity contribution in [2.24, 2.45) is 5.73 Å². The van der Waals surface area contributed by atoms with E-state index < -0.39 is 0 Å². The van der Waals surface area contributed by atoms with Crippen LogP contribution in [0.2, 0.25) is 0 Å². The van der Waals surface area contributed by atoms with Gasteiger partial charge in [-0.2, -0.15) is 0 Å². The molecule has 1 atom stereocenters. The van der Waals surface area contributed by atoms with Crippen molar-refractivity contribution in [3.8, 4) is 0 Å². The molecular formula is C11H18N2O. The Morgan fingerprint density at radius 1 is 1.36 bits per heavy atom. The lowest BCUT2D eigenvalue weighted by Gasteiger charge is -2.03. The highest BCUT2D eigenvalue weighted by molar-refractivity contribution is 5.25. The number of hydrogen-bond acceptors (Lipinski definition) is 3. The van der Waals surface area contributed by atoms with Crippen molar-refractivity contribution in [3.05, 3.63) is 17.0 Å². The topological polar surface area (TPSA) is 52.0 Å². The number of fused-ring (bicyclic) bond motifs is 1. The maximum Gasteiger partial charge on any atom is 0.141 e. The summed E-state index contributed by atoms with van der Waals surface area (Å²) in [5.74, 6) is 1.02. The number of nitrogens with zero attached hydrogens (tertiary/aromatic N) is 1. The molecule has 2 rings (SSSR count). The minimum absolute atomic E-state index is 0.162. The summed E-state index contributed by atoms with van der Waals surface area (Å²) in [6.07, 6.45) is 6.85. The molecule has 1 unspecified atom stereocenters. The van der Waals surface area contributed by atoms with Crippen LogP contribution in [-0.4, -0.2) is 11.2 Å². The largest absolute Gasteiger partial charge is 0.361 e. The van der Waals surface area contributed by atoms with Gasteiger partial charge in [0, 0.05) is 18.0 Å². The summed E-state index contributed by atoms with van der Waals surface area (Å²) in [6, 6.07) is 0.162. The summed E-state index contributed by atoms with van der Waals surface area (Å²) in [5.41, 5.74) is 8.29. The van der Waals surface area contributed by atoms with Gasteiger partial charge in [0.2, 0.25) is 0 Å². The van der Waals surface area contributed by atoms with Crippen molar-refractivity contribution in [3.63, 3.8) is 0 Å². The van der Waals surface area contributed by atoms with Crippen LogP contribution in [0.15, 0.2) is 4.52 Å². The lowest BCUT2D eigenvalue weighted by atomic mass is 10.0. The Morgan fingerprint density at radius 3 is 2.93 bits per heavy atom. The van der Waals surface area contributed by atoms with Crippen molar-refractivity contribution >= 4 is 0 Å². The van der Waals surface area contributed by atoms with Gasteiger partial charge in [0.15, 0.2) is 0 Å². The first-order valence-electron chi connectivity index (χ1n) is 5.49. The van der Waals surface area contributed by atoms with Crippen molar-refractivity contribution in [1.82, 2.24) is 5.16 Å². The second kappa shape index (κ2) is 4.13. The zero-order valence-electron chi connectivity index (χ0n) is 8.75. The second-order valence-electron chi connectivity index (χ2n) is 4.27. The van der Waals surface area contributed by atoms with Gasteiger partial charge in [-0.3, -0.25) is 0 Å². The van der Waals surface area contributed by atoms with Gasteiger partial charge < -0.3 is 10.3 Å². The Bertz CT molecular complexity index is 304. The Morgan fingerprint density at radius 2 is 2.14 bits per heavy atom. The fraction of sp³-hybridized carbons (Fsp3) is 0.727. The smallest absolute Gasteiger partial charge is 0.141 e. The van der Waals surface area contributed by atoms with E-state index in [2.05, 4.69) is 5.16 Å². The van der Waals surface area contributed by atoms with Crippen LogP contribution < -0.4 is 5.73 Å². The summed E-state index contributed by atoms with van der Waals surface area (Å²) in [6.45, 7) is 2.01. The van der Waals surface area contributed by atoms with Crippen LogP contribution in [0.3, 0.4) is 0 Å². The molecule has 0 radical (unpaired) electrons. The van der Waals surface area contributed by atoms with Crippen LogP contribution >= 0.6 is 0 Å². The Hall–Kier alpha value is -0.830. The summed E-state index contributed by atoms with van der Waals surface area (Å²) in [7, 11) is 0. The number of rotatable bonds is 2. The minimum Gasteiger partial charge on any atom is -0.361 e. The van der Waals surface area contributed by atoms with Gasteiger partial charge in [0.05, 0.1) is 5.69 Å². The van der Waals surface area contributed by atoms with Crippen LogP contribution in [0.25, 0.3) is 0 Å². The molecule has 78 valence electrons. The SMILES string of the molecule is CC(N)Cc1onc2c1CCCCC2. The van der Waals surface area contributed by atoms with Crippen molar-refractivity contribution < 1.29 is 4.52 Å². The first-order valence-corrected chi connectivity index (χ1v) is 5.49. The molecule has 0 aliphatic heterocycles. The van der Waals surface area contributed by atoms with Gasteiger partial charge in [-0.05, 0) is 32.6 Å². The lowest BCUT2D eigenvalue weighted by molar-refractivity contribution is 0.368. The van der Waals surface area contributed by atoms with Gasteiger partial charge in [-0.1, -0.05) is 11.6 Å². The van der Waals surface area contributed by atoms with E-state index >= 15 is 0 Å². The van der Waals surface area contributed by atoms with E-state index in [0.717, 1.165) is 25.0 Å². The number of hydrogen-bond donors (Lipinski definition) is 1. The van der Waals surface area contributed by atoms with Crippen molar-refractivity contribution in [2.45, 2.75) is 51.5 Å². The zero-order valence-corrected chi connectivity index (χ0v) is 8.75. The maximum absolute atomic E-state index is 5.77. The lowest BCUT2D eigenvalue weighted by Crippen LogP contribution is -2.18. The molecule has 0 amide bonds. The first kappa shape index (κ1) is 9.71. The van der Waals surface area contributed by atoms with E-state index in [1.807, 2.05) is 6.92 Å². The van der Waals surface area contributed by atoms with E-state index in [4.69, 9.17) is 10.3 Å². The molecule has 2 N–H and O–H groups in total. The van der Waals surface area contributed by atoms with E-state index in [0.29, 0.717) is 0 Å². The predicted molar refractivity (Wildman–Crippen MR) is 55.1 cm³/mol. The molecule has 3 nitrogen and oxygen atoms in total. The Labute approximate surface area is 84.7 Å². The highest BCUT2D eigenvalue weighted by atomic mass is 16.5. The molecule has 1 aliphatic carbocycles. The highest BCUT2D eigenvalue weighted by Gasteiger charge is 2.18. The molecule has 0 saturated heterocycles. The molecule has 1 aliphatic rings. The first-order chi connectivity index (χ1) is 6.77. The predicted octanol–water partition coefficient (Wildman–Crippen LogP) is 1.83. The minimum atomic E-state index is 0.162. The average Bonchev–Trinajstić information content (AvgIpc) is 2.37. The molecule has 1 aromatic rings. The summed E-state index contributed by atoms with van der Waals surface area (Å²) >= 11 is 0. The highest BCUT2D eigenvalue weighted by Crippen LogP contribution is 2.23. The van der Waals surface area contributed by atoms with Crippen LogP contribution in [-0.2, 0) is 19.3 Å². The van der Waals surface area contributed by atoms with Gasteiger partial charge in [-0.15, -0.1) is 0 Å². The second-order valence-corrected chi connectivity index (χ2v) is 4.27. The molecule has 1 aromatic heterocycles. The number of nitrogens with two attached hydrogens (primary N) is 1. The number of aryl methyl sites for hydroxylation is 1.